The highest BCUT2D eigenvalue weighted by molar-refractivity contribution is 8.01. The van der Waals surface area contributed by atoms with E-state index in [-0.39, 0.29) is 5.25 Å². The van der Waals surface area contributed by atoms with Gasteiger partial charge in [0.25, 0.3) is 0 Å². The van der Waals surface area contributed by atoms with E-state index in [1.807, 2.05) is 54.2 Å². The highest BCUT2D eigenvalue weighted by Crippen LogP contribution is 2.45. The summed E-state index contributed by atoms with van der Waals surface area (Å²) in [5, 5.41) is 1.65. The number of hydrogen-bond donors (Lipinski definition) is 0. The molecule has 1 unspecified atom stereocenters. The molecule has 3 aromatic carbocycles. The standard InChI is InChI=1S/C21H15Cl2NS2/c22-15-8-10-17(11-9-15)24-19-7-2-1-6-18(19)21(26-13-20(24)25)14-4-3-5-16(23)12-14/h1-12,21H,13H2. The molecule has 1 nitrogen and oxygen atoms in total. The van der Waals surface area contributed by atoms with E-state index in [0.717, 1.165) is 27.1 Å². The Morgan fingerprint density at radius 2 is 1.65 bits per heavy atom. The van der Waals surface area contributed by atoms with Crippen LogP contribution in [0, 0.1) is 0 Å². The van der Waals surface area contributed by atoms with Gasteiger partial charge in [0.2, 0.25) is 0 Å². The lowest BCUT2D eigenvalue weighted by molar-refractivity contribution is 1.15. The van der Waals surface area contributed by atoms with Gasteiger partial charge in [-0.25, -0.2) is 0 Å². The zero-order valence-corrected chi connectivity index (χ0v) is 16.9. The van der Waals surface area contributed by atoms with E-state index in [2.05, 4.69) is 35.2 Å². The third-order valence-electron chi connectivity index (χ3n) is 4.32. The van der Waals surface area contributed by atoms with E-state index in [1.54, 1.807) is 0 Å². The number of thioether (sulfide) groups is 1. The van der Waals surface area contributed by atoms with Crippen LogP contribution in [-0.4, -0.2) is 10.7 Å². The summed E-state index contributed by atoms with van der Waals surface area (Å²) in [6.07, 6.45) is 0. The number of benzene rings is 3. The number of hydrogen-bond acceptors (Lipinski definition) is 2. The minimum Gasteiger partial charge on any atom is -0.304 e. The SMILES string of the molecule is S=C1CSC(c2cccc(Cl)c2)c2ccccc2N1c1ccc(Cl)cc1. The molecule has 0 spiro atoms. The summed E-state index contributed by atoms with van der Waals surface area (Å²) in [5.74, 6) is 0.754. The monoisotopic (exact) mass is 415 g/mol. The molecule has 1 aliphatic rings. The Morgan fingerprint density at radius 1 is 0.885 bits per heavy atom. The molecule has 4 rings (SSSR count). The molecule has 1 atom stereocenters. The van der Waals surface area contributed by atoms with Gasteiger partial charge in [0, 0.05) is 21.5 Å². The fourth-order valence-corrected chi connectivity index (χ4v) is 5.06. The van der Waals surface area contributed by atoms with Gasteiger partial charge in [-0.15, -0.1) is 11.8 Å². The molecule has 5 heteroatoms. The fourth-order valence-electron chi connectivity index (χ4n) is 3.17. The van der Waals surface area contributed by atoms with E-state index in [1.165, 1.54) is 11.1 Å². The molecule has 3 aromatic rings. The van der Waals surface area contributed by atoms with Gasteiger partial charge in [0.15, 0.2) is 0 Å². The number of rotatable bonds is 2. The molecule has 130 valence electrons. The first-order chi connectivity index (χ1) is 12.6. The number of anilines is 2. The Bertz CT molecular complexity index is 956. The van der Waals surface area contributed by atoms with Crippen LogP contribution in [0.2, 0.25) is 10.0 Å². The quantitative estimate of drug-likeness (QED) is 0.404. The topological polar surface area (TPSA) is 3.24 Å². The van der Waals surface area contributed by atoms with Crippen LogP contribution in [0.5, 0.6) is 0 Å². The molecular formula is C21H15Cl2NS2. The molecule has 0 saturated heterocycles. The van der Waals surface area contributed by atoms with Crippen LogP contribution in [0.4, 0.5) is 11.4 Å². The van der Waals surface area contributed by atoms with Gasteiger partial charge in [-0.1, -0.05) is 65.8 Å². The zero-order valence-electron chi connectivity index (χ0n) is 13.7. The average molecular weight is 416 g/mol. The van der Waals surface area contributed by atoms with Gasteiger partial charge in [0.05, 0.1) is 15.9 Å². The van der Waals surface area contributed by atoms with E-state index in [0.29, 0.717) is 5.02 Å². The van der Waals surface area contributed by atoms with Crippen LogP contribution in [0.1, 0.15) is 16.4 Å². The zero-order chi connectivity index (χ0) is 18.1. The first kappa shape index (κ1) is 17.9. The summed E-state index contributed by atoms with van der Waals surface area (Å²) in [4.78, 5) is 3.03. The van der Waals surface area contributed by atoms with Crippen LogP contribution < -0.4 is 4.90 Å². The fraction of sp³-hybridized carbons (Fsp3) is 0.0952. The van der Waals surface area contributed by atoms with Crippen LogP contribution >= 0.6 is 47.2 Å². The van der Waals surface area contributed by atoms with Crippen molar-refractivity contribution in [1.29, 1.82) is 0 Å². The summed E-state index contributed by atoms with van der Waals surface area (Å²) < 4.78 is 0. The van der Waals surface area contributed by atoms with Gasteiger partial charge in [-0.05, 0) is 53.6 Å². The number of para-hydroxylation sites is 1. The molecule has 0 aliphatic carbocycles. The summed E-state index contributed by atoms with van der Waals surface area (Å²) in [6.45, 7) is 0. The third-order valence-corrected chi connectivity index (χ3v) is 6.62. The van der Waals surface area contributed by atoms with Crippen molar-refractivity contribution in [1.82, 2.24) is 0 Å². The highest BCUT2D eigenvalue weighted by atomic mass is 35.5. The van der Waals surface area contributed by atoms with Crippen molar-refractivity contribution in [2.24, 2.45) is 0 Å². The van der Waals surface area contributed by atoms with Gasteiger partial charge >= 0.3 is 0 Å². The van der Waals surface area contributed by atoms with Crippen molar-refractivity contribution in [3.05, 3.63) is 94.0 Å². The molecule has 0 saturated carbocycles. The molecular weight excluding hydrogens is 401 g/mol. The number of fused-ring (bicyclic) bond motifs is 1. The molecule has 0 aromatic heterocycles. The molecule has 1 aliphatic heterocycles. The second kappa shape index (κ2) is 7.61. The largest absolute Gasteiger partial charge is 0.304 e. The summed E-state index contributed by atoms with van der Waals surface area (Å²) in [6, 6.07) is 24.3. The number of nitrogens with zero attached hydrogens (tertiary/aromatic N) is 1. The van der Waals surface area contributed by atoms with Crippen molar-refractivity contribution in [2.45, 2.75) is 5.25 Å². The predicted molar refractivity (Wildman–Crippen MR) is 118 cm³/mol. The van der Waals surface area contributed by atoms with Gasteiger partial charge in [-0.3, -0.25) is 0 Å². The van der Waals surface area contributed by atoms with Gasteiger partial charge in [0.1, 0.15) is 0 Å². The molecule has 0 N–H and O–H groups in total. The lowest BCUT2D eigenvalue weighted by Crippen LogP contribution is -2.25. The Morgan fingerprint density at radius 3 is 2.42 bits per heavy atom. The second-order valence-electron chi connectivity index (χ2n) is 6.01. The maximum Gasteiger partial charge on any atom is 0.0970 e. The highest BCUT2D eigenvalue weighted by Gasteiger charge is 2.28. The summed E-state index contributed by atoms with van der Waals surface area (Å²) >= 11 is 19.9. The van der Waals surface area contributed by atoms with Crippen molar-refractivity contribution < 1.29 is 0 Å². The minimum absolute atomic E-state index is 0.181. The lowest BCUT2D eigenvalue weighted by atomic mass is 10.0. The van der Waals surface area contributed by atoms with E-state index in [4.69, 9.17) is 35.4 Å². The molecule has 26 heavy (non-hydrogen) atoms. The maximum absolute atomic E-state index is 6.24. The molecule has 0 bridgehead atoms. The van der Waals surface area contributed by atoms with Crippen molar-refractivity contribution in [3.63, 3.8) is 0 Å². The van der Waals surface area contributed by atoms with Crippen molar-refractivity contribution >= 4 is 63.5 Å². The van der Waals surface area contributed by atoms with Crippen molar-refractivity contribution in [3.8, 4) is 0 Å². The smallest absolute Gasteiger partial charge is 0.0970 e. The Labute approximate surface area is 172 Å². The molecule has 0 fully saturated rings. The maximum atomic E-state index is 6.24. The van der Waals surface area contributed by atoms with Crippen molar-refractivity contribution in [2.75, 3.05) is 10.7 Å². The van der Waals surface area contributed by atoms with Crippen LogP contribution in [0.25, 0.3) is 0 Å². The second-order valence-corrected chi connectivity index (χ2v) is 8.45. The normalized spacial score (nSPS) is 16.9. The first-order valence-corrected chi connectivity index (χ1v) is 10.4. The van der Waals surface area contributed by atoms with E-state index >= 15 is 0 Å². The van der Waals surface area contributed by atoms with Crippen LogP contribution in [-0.2, 0) is 0 Å². The Balaban J connectivity index is 1.85. The van der Waals surface area contributed by atoms with Gasteiger partial charge in [-0.2, -0.15) is 0 Å². The minimum atomic E-state index is 0.181. The third kappa shape index (κ3) is 3.49. The van der Waals surface area contributed by atoms with E-state index < -0.39 is 0 Å². The summed E-state index contributed by atoms with van der Waals surface area (Å²) in [5.41, 5.74) is 4.55. The predicted octanol–water partition coefficient (Wildman–Crippen LogP) is 7.30. The first-order valence-electron chi connectivity index (χ1n) is 8.18. The van der Waals surface area contributed by atoms with E-state index in [9.17, 15) is 0 Å². The summed E-state index contributed by atoms with van der Waals surface area (Å²) in [7, 11) is 0. The lowest BCUT2D eigenvalue weighted by Gasteiger charge is -2.26. The van der Waals surface area contributed by atoms with Gasteiger partial charge < -0.3 is 4.90 Å². The Kier molecular flexibility index (Phi) is 5.23. The molecule has 0 radical (unpaired) electrons. The average Bonchev–Trinajstić information content (AvgIpc) is 2.79. The molecule has 1 heterocycles. The Hall–Kier alpha value is -1.52. The van der Waals surface area contributed by atoms with Crippen LogP contribution in [0.15, 0.2) is 72.8 Å². The van der Waals surface area contributed by atoms with Crippen LogP contribution in [0.3, 0.4) is 0 Å². The molecule has 0 amide bonds. The number of halogens is 2. The number of thiocarbonyl (C=S) groups is 1.